The van der Waals surface area contributed by atoms with Gasteiger partial charge in [0.05, 0.1) is 24.2 Å². The summed E-state index contributed by atoms with van der Waals surface area (Å²) >= 11 is 0. The third kappa shape index (κ3) is 2.87. The van der Waals surface area contributed by atoms with Gasteiger partial charge >= 0.3 is 5.97 Å². The van der Waals surface area contributed by atoms with Crippen LogP contribution in [0.4, 0.5) is 11.4 Å². The summed E-state index contributed by atoms with van der Waals surface area (Å²) in [5.41, 5.74) is 7.88. The molecule has 1 aliphatic rings. The van der Waals surface area contributed by atoms with Crippen LogP contribution in [0, 0.1) is 0 Å². The lowest BCUT2D eigenvalue weighted by Crippen LogP contribution is -2.32. The molecule has 6 nitrogen and oxygen atoms in total. The average molecular weight is 298 g/mol. The van der Waals surface area contributed by atoms with Crippen LogP contribution < -0.4 is 10.0 Å². The van der Waals surface area contributed by atoms with E-state index < -0.39 is 16.0 Å². The van der Waals surface area contributed by atoms with Gasteiger partial charge in [0, 0.05) is 13.0 Å². The molecule has 0 bridgehead atoms. The number of carbonyl (C=O) groups is 1. The molecule has 0 saturated heterocycles. The smallest absolute Gasteiger partial charge is 0.305 e. The van der Waals surface area contributed by atoms with E-state index in [1.807, 2.05) is 12.1 Å². The highest BCUT2D eigenvalue weighted by molar-refractivity contribution is 7.92. The highest BCUT2D eigenvalue weighted by atomic mass is 32.2. The molecule has 0 amide bonds. The number of methoxy groups -OCH3 is 1. The third-order valence-corrected chi connectivity index (χ3v) is 5.17. The number of nitrogens with zero attached hydrogens (tertiary/aromatic N) is 1. The molecule has 0 spiro atoms. The normalized spacial score (nSPS) is 14.2. The number of fused-ring (bicyclic) bond motifs is 1. The minimum Gasteiger partial charge on any atom is -0.469 e. The molecule has 0 saturated carbocycles. The number of anilines is 2. The molecule has 110 valence electrons. The predicted molar refractivity (Wildman–Crippen MR) is 76.9 cm³/mol. The molecule has 1 aromatic rings. The molecule has 0 aromatic heterocycles. The Morgan fingerprint density at radius 3 is 2.90 bits per heavy atom. The summed E-state index contributed by atoms with van der Waals surface area (Å²) in [5.74, 6) is -0.489. The first-order chi connectivity index (χ1) is 9.45. The highest BCUT2D eigenvalue weighted by Crippen LogP contribution is 2.35. The fourth-order valence-electron chi connectivity index (χ4n) is 2.34. The van der Waals surface area contributed by atoms with Crippen LogP contribution >= 0.6 is 0 Å². The first kappa shape index (κ1) is 14.6. The zero-order chi connectivity index (χ0) is 14.8. The Bertz CT molecular complexity index is 613. The van der Waals surface area contributed by atoms with Gasteiger partial charge in [0.25, 0.3) is 0 Å². The fraction of sp³-hybridized carbons (Fsp3) is 0.462. The van der Waals surface area contributed by atoms with Crippen molar-refractivity contribution in [2.45, 2.75) is 19.3 Å². The Labute approximate surface area is 118 Å². The maximum Gasteiger partial charge on any atom is 0.305 e. The van der Waals surface area contributed by atoms with Crippen molar-refractivity contribution in [2.24, 2.45) is 0 Å². The molecule has 20 heavy (non-hydrogen) atoms. The van der Waals surface area contributed by atoms with E-state index in [1.54, 1.807) is 6.07 Å². The first-order valence-electron chi connectivity index (χ1n) is 6.40. The van der Waals surface area contributed by atoms with E-state index in [-0.39, 0.29) is 18.6 Å². The van der Waals surface area contributed by atoms with Crippen molar-refractivity contribution in [1.29, 1.82) is 0 Å². The number of hydrogen-bond acceptors (Lipinski definition) is 5. The molecule has 0 radical (unpaired) electrons. The second-order valence-corrected chi connectivity index (χ2v) is 6.69. The van der Waals surface area contributed by atoms with Crippen molar-refractivity contribution >= 4 is 27.4 Å². The number of esters is 1. The Hall–Kier alpha value is -1.76. The van der Waals surface area contributed by atoms with Crippen LogP contribution in [0.5, 0.6) is 0 Å². The van der Waals surface area contributed by atoms with Gasteiger partial charge in [-0.25, -0.2) is 8.42 Å². The van der Waals surface area contributed by atoms with E-state index in [4.69, 9.17) is 5.73 Å². The number of para-hydroxylation sites is 1. The lowest BCUT2D eigenvalue weighted by Gasteiger charge is -2.20. The lowest BCUT2D eigenvalue weighted by molar-refractivity contribution is -0.140. The summed E-state index contributed by atoms with van der Waals surface area (Å²) in [4.78, 5) is 11.0. The number of carbonyl (C=O) groups excluding carboxylic acids is 1. The SMILES string of the molecule is COC(=O)CCCS(=O)(=O)N1CCc2cccc(N)c21. The highest BCUT2D eigenvalue weighted by Gasteiger charge is 2.30. The molecule has 1 aromatic carbocycles. The van der Waals surface area contributed by atoms with Crippen LogP contribution in [0.1, 0.15) is 18.4 Å². The summed E-state index contributed by atoms with van der Waals surface area (Å²) in [5, 5.41) is 0. The van der Waals surface area contributed by atoms with Crippen molar-refractivity contribution in [3.63, 3.8) is 0 Å². The van der Waals surface area contributed by atoms with Gasteiger partial charge in [-0.2, -0.15) is 0 Å². The Kier molecular flexibility index (Phi) is 4.17. The summed E-state index contributed by atoms with van der Waals surface area (Å²) < 4.78 is 30.5. The maximum absolute atomic E-state index is 12.3. The van der Waals surface area contributed by atoms with E-state index in [2.05, 4.69) is 4.74 Å². The summed E-state index contributed by atoms with van der Waals surface area (Å²) in [6.45, 7) is 0.407. The number of nitrogen functional groups attached to an aromatic ring is 1. The first-order valence-corrected chi connectivity index (χ1v) is 8.01. The van der Waals surface area contributed by atoms with Crippen molar-refractivity contribution in [1.82, 2.24) is 0 Å². The van der Waals surface area contributed by atoms with Gasteiger partial charge in [0.15, 0.2) is 0 Å². The molecule has 2 rings (SSSR count). The second-order valence-electron chi connectivity index (χ2n) is 4.67. The Morgan fingerprint density at radius 1 is 1.45 bits per heavy atom. The van der Waals surface area contributed by atoms with E-state index >= 15 is 0 Å². The van der Waals surface area contributed by atoms with Crippen LogP contribution in [-0.2, 0) is 26.0 Å². The van der Waals surface area contributed by atoms with Gasteiger partial charge in [-0.15, -0.1) is 0 Å². The van der Waals surface area contributed by atoms with Gasteiger partial charge < -0.3 is 10.5 Å². The van der Waals surface area contributed by atoms with E-state index in [0.29, 0.717) is 24.3 Å². The van der Waals surface area contributed by atoms with E-state index in [9.17, 15) is 13.2 Å². The van der Waals surface area contributed by atoms with Gasteiger partial charge in [-0.1, -0.05) is 12.1 Å². The number of sulfonamides is 1. The van der Waals surface area contributed by atoms with Crippen LogP contribution in [0.25, 0.3) is 0 Å². The second kappa shape index (κ2) is 5.70. The molecule has 1 aliphatic heterocycles. The minimum atomic E-state index is -3.45. The molecule has 1 heterocycles. The van der Waals surface area contributed by atoms with Gasteiger partial charge in [-0.05, 0) is 24.5 Å². The largest absolute Gasteiger partial charge is 0.469 e. The summed E-state index contributed by atoms with van der Waals surface area (Å²) in [7, 11) is -2.17. The van der Waals surface area contributed by atoms with E-state index in [0.717, 1.165) is 5.56 Å². The molecule has 0 fully saturated rings. The average Bonchev–Trinajstić information content (AvgIpc) is 2.84. The minimum absolute atomic E-state index is 0.0874. The molecular weight excluding hydrogens is 280 g/mol. The predicted octanol–water partition coefficient (Wildman–Crippen LogP) is 0.914. The van der Waals surface area contributed by atoms with Crippen LogP contribution in [0.15, 0.2) is 18.2 Å². The molecular formula is C13H18N2O4S. The quantitative estimate of drug-likeness (QED) is 0.645. The van der Waals surface area contributed by atoms with Crippen molar-refractivity contribution in [2.75, 3.05) is 29.4 Å². The molecule has 0 unspecified atom stereocenters. The van der Waals surface area contributed by atoms with Gasteiger partial charge in [0.1, 0.15) is 0 Å². The zero-order valence-electron chi connectivity index (χ0n) is 11.3. The number of nitrogens with two attached hydrogens (primary N) is 1. The van der Waals surface area contributed by atoms with Crippen molar-refractivity contribution in [3.05, 3.63) is 23.8 Å². The molecule has 2 N–H and O–H groups in total. The van der Waals surface area contributed by atoms with Gasteiger partial charge in [-0.3, -0.25) is 9.10 Å². The standard InChI is InChI=1S/C13H18N2O4S/c1-19-12(16)6-3-9-20(17,18)15-8-7-10-4-2-5-11(14)13(10)15/h2,4-5H,3,6-9,14H2,1H3. The summed E-state index contributed by atoms with van der Waals surface area (Å²) in [6, 6.07) is 5.40. The number of rotatable bonds is 5. The Balaban J connectivity index is 2.11. The van der Waals surface area contributed by atoms with Crippen LogP contribution in [0.2, 0.25) is 0 Å². The van der Waals surface area contributed by atoms with E-state index in [1.165, 1.54) is 11.4 Å². The maximum atomic E-state index is 12.3. The number of benzene rings is 1. The molecule has 7 heteroatoms. The topological polar surface area (TPSA) is 89.7 Å². The van der Waals surface area contributed by atoms with Crippen molar-refractivity contribution < 1.29 is 17.9 Å². The van der Waals surface area contributed by atoms with Gasteiger partial charge in [0.2, 0.25) is 10.0 Å². The number of hydrogen-bond donors (Lipinski definition) is 1. The van der Waals surface area contributed by atoms with Crippen molar-refractivity contribution in [3.8, 4) is 0 Å². The molecule has 0 atom stereocenters. The fourth-order valence-corrected chi connectivity index (χ4v) is 3.94. The van der Waals surface area contributed by atoms with Crippen LogP contribution in [0.3, 0.4) is 0 Å². The summed E-state index contributed by atoms with van der Waals surface area (Å²) in [6.07, 6.45) is 1.00. The monoisotopic (exact) mass is 298 g/mol. The lowest BCUT2D eigenvalue weighted by atomic mass is 10.1. The van der Waals surface area contributed by atoms with Crippen LogP contribution in [-0.4, -0.2) is 33.8 Å². The zero-order valence-corrected chi connectivity index (χ0v) is 12.1. The third-order valence-electron chi connectivity index (χ3n) is 3.33. The number of ether oxygens (including phenoxy) is 1. The molecule has 0 aliphatic carbocycles. The Morgan fingerprint density at radius 2 is 2.20 bits per heavy atom.